The van der Waals surface area contributed by atoms with Crippen LogP contribution in [0.1, 0.15) is 53.5 Å². The maximum Gasteiger partial charge on any atom is 0.213 e. The Hall–Kier alpha value is -1.91. The van der Waals surface area contributed by atoms with Gasteiger partial charge in [0.25, 0.3) is 0 Å². The minimum absolute atomic E-state index is 0.111. The molecule has 0 heterocycles. The van der Waals surface area contributed by atoms with Gasteiger partial charge in [-0.1, -0.05) is 42.5 Å². The molecule has 0 aromatic heterocycles. The van der Waals surface area contributed by atoms with E-state index in [9.17, 15) is 8.42 Å². The lowest BCUT2D eigenvalue weighted by atomic mass is 9.94. The van der Waals surface area contributed by atoms with Crippen molar-refractivity contribution in [2.75, 3.05) is 0 Å². The van der Waals surface area contributed by atoms with Crippen molar-refractivity contribution in [1.82, 2.24) is 0 Å². The van der Waals surface area contributed by atoms with Gasteiger partial charge >= 0.3 is 0 Å². The van der Waals surface area contributed by atoms with Crippen LogP contribution < -0.4 is 5.14 Å². The molecular formula is C22H25NO2S. The molecule has 136 valence electrons. The molecule has 2 aromatic carbocycles. The number of primary sulfonamides is 1. The molecular weight excluding hydrogens is 342 g/mol. The summed E-state index contributed by atoms with van der Waals surface area (Å²) in [7, 11) is -3.49. The number of rotatable bonds is 4. The standard InChI is InChI=1S/C22H25NO2S/c1-15-3-6-19(11-16(15)2)21-13-22(9-10-22)12-20(21)18-7-4-17(5-8-18)14-26(23,24)25/h3-8,11H,9-10,12-14H2,1-2H3,(H2,23,24,25). The van der Waals surface area contributed by atoms with Crippen LogP contribution in [0.4, 0.5) is 0 Å². The van der Waals surface area contributed by atoms with E-state index in [2.05, 4.69) is 44.2 Å². The van der Waals surface area contributed by atoms with Crippen LogP contribution in [-0.2, 0) is 15.8 Å². The van der Waals surface area contributed by atoms with Gasteiger partial charge in [0.15, 0.2) is 0 Å². The summed E-state index contributed by atoms with van der Waals surface area (Å²) in [6.45, 7) is 4.32. The quantitative estimate of drug-likeness (QED) is 0.860. The van der Waals surface area contributed by atoms with Gasteiger partial charge in [0.05, 0.1) is 5.75 Å². The highest BCUT2D eigenvalue weighted by Gasteiger charge is 2.48. The molecule has 26 heavy (non-hydrogen) atoms. The maximum atomic E-state index is 11.3. The van der Waals surface area contributed by atoms with Crippen LogP contribution in [-0.4, -0.2) is 8.42 Å². The first-order chi connectivity index (χ1) is 12.2. The van der Waals surface area contributed by atoms with E-state index in [-0.39, 0.29) is 5.75 Å². The Morgan fingerprint density at radius 2 is 1.46 bits per heavy atom. The van der Waals surface area contributed by atoms with Crippen molar-refractivity contribution < 1.29 is 8.42 Å². The van der Waals surface area contributed by atoms with Gasteiger partial charge in [0, 0.05) is 0 Å². The van der Waals surface area contributed by atoms with Crippen molar-refractivity contribution >= 4 is 21.2 Å². The molecule has 0 aliphatic heterocycles. The van der Waals surface area contributed by atoms with Gasteiger partial charge in [-0.25, -0.2) is 13.6 Å². The highest BCUT2D eigenvalue weighted by Crippen LogP contribution is 2.63. The minimum Gasteiger partial charge on any atom is -0.228 e. The van der Waals surface area contributed by atoms with Crippen LogP contribution >= 0.6 is 0 Å². The third-order valence-electron chi connectivity index (χ3n) is 5.95. The monoisotopic (exact) mass is 367 g/mol. The fourth-order valence-electron chi connectivity index (χ4n) is 4.07. The third kappa shape index (κ3) is 3.49. The summed E-state index contributed by atoms with van der Waals surface area (Å²) < 4.78 is 22.6. The van der Waals surface area contributed by atoms with Crippen molar-refractivity contribution in [3.8, 4) is 0 Å². The number of nitrogens with two attached hydrogens (primary N) is 1. The Bertz CT molecular complexity index is 997. The Morgan fingerprint density at radius 1 is 0.885 bits per heavy atom. The molecule has 0 saturated heterocycles. The second-order valence-corrected chi connectivity index (χ2v) is 9.73. The van der Waals surface area contributed by atoms with Crippen LogP contribution in [0.2, 0.25) is 0 Å². The average molecular weight is 368 g/mol. The molecule has 4 rings (SSSR count). The van der Waals surface area contributed by atoms with Crippen molar-refractivity contribution in [3.05, 3.63) is 70.3 Å². The molecule has 1 saturated carbocycles. The number of allylic oxidation sites excluding steroid dienone is 2. The van der Waals surface area contributed by atoms with Crippen molar-refractivity contribution in [3.63, 3.8) is 0 Å². The predicted molar refractivity (Wildman–Crippen MR) is 107 cm³/mol. The van der Waals surface area contributed by atoms with E-state index in [1.165, 1.54) is 46.2 Å². The number of benzene rings is 2. The van der Waals surface area contributed by atoms with Gasteiger partial charge < -0.3 is 0 Å². The van der Waals surface area contributed by atoms with Gasteiger partial charge in [0.2, 0.25) is 10.0 Å². The summed E-state index contributed by atoms with van der Waals surface area (Å²) in [4.78, 5) is 0. The molecule has 2 aliphatic rings. The van der Waals surface area contributed by atoms with Gasteiger partial charge in [-0.05, 0) is 83.9 Å². The number of hydrogen-bond donors (Lipinski definition) is 1. The van der Waals surface area contributed by atoms with Crippen LogP contribution in [0, 0.1) is 19.3 Å². The van der Waals surface area contributed by atoms with Crippen molar-refractivity contribution in [2.45, 2.75) is 45.3 Å². The Balaban J connectivity index is 1.72. The van der Waals surface area contributed by atoms with Crippen molar-refractivity contribution in [1.29, 1.82) is 0 Å². The Kier molecular flexibility index (Phi) is 4.08. The predicted octanol–water partition coefficient (Wildman–Crippen LogP) is 4.58. The minimum atomic E-state index is -3.49. The summed E-state index contributed by atoms with van der Waals surface area (Å²) in [5.41, 5.74) is 9.29. The first-order valence-corrected chi connectivity index (χ1v) is 10.9. The molecule has 2 aliphatic carbocycles. The van der Waals surface area contributed by atoms with Gasteiger partial charge in [-0.2, -0.15) is 0 Å². The van der Waals surface area contributed by atoms with E-state index in [1.807, 2.05) is 12.1 Å². The molecule has 3 nitrogen and oxygen atoms in total. The number of hydrogen-bond acceptors (Lipinski definition) is 2. The molecule has 1 fully saturated rings. The normalized spacial score (nSPS) is 18.6. The van der Waals surface area contributed by atoms with Crippen molar-refractivity contribution in [2.24, 2.45) is 10.6 Å². The summed E-state index contributed by atoms with van der Waals surface area (Å²) in [5, 5.41) is 5.16. The Labute approximate surface area is 156 Å². The fourth-order valence-corrected chi connectivity index (χ4v) is 4.73. The van der Waals surface area contributed by atoms with Crippen LogP contribution in [0.25, 0.3) is 11.1 Å². The topological polar surface area (TPSA) is 60.2 Å². The van der Waals surface area contributed by atoms with E-state index in [0.29, 0.717) is 5.41 Å². The highest BCUT2D eigenvalue weighted by molar-refractivity contribution is 7.88. The van der Waals surface area contributed by atoms with Gasteiger partial charge in [-0.15, -0.1) is 0 Å². The van der Waals surface area contributed by atoms with Crippen LogP contribution in [0.5, 0.6) is 0 Å². The lowest BCUT2D eigenvalue weighted by Crippen LogP contribution is -2.14. The van der Waals surface area contributed by atoms with Crippen LogP contribution in [0.3, 0.4) is 0 Å². The SMILES string of the molecule is Cc1ccc(C2=C(c3ccc(CS(N)(=O)=O)cc3)CC3(CC3)C2)cc1C. The lowest BCUT2D eigenvalue weighted by Gasteiger charge is -2.11. The molecule has 0 radical (unpaired) electrons. The zero-order valence-electron chi connectivity index (χ0n) is 15.4. The number of sulfonamides is 1. The molecule has 1 spiro atoms. The first-order valence-electron chi connectivity index (χ1n) is 9.14. The second kappa shape index (κ2) is 6.07. The molecule has 0 amide bonds. The summed E-state index contributed by atoms with van der Waals surface area (Å²) in [6.07, 6.45) is 4.91. The van der Waals surface area contributed by atoms with Gasteiger partial charge in [0.1, 0.15) is 0 Å². The molecule has 2 N–H and O–H groups in total. The average Bonchev–Trinajstić information content (AvgIpc) is 3.21. The summed E-state index contributed by atoms with van der Waals surface area (Å²) in [6, 6.07) is 14.7. The highest BCUT2D eigenvalue weighted by atomic mass is 32.2. The van der Waals surface area contributed by atoms with E-state index in [0.717, 1.165) is 18.4 Å². The van der Waals surface area contributed by atoms with E-state index in [4.69, 9.17) is 5.14 Å². The molecule has 0 atom stereocenters. The van der Waals surface area contributed by atoms with Crippen LogP contribution in [0.15, 0.2) is 42.5 Å². The maximum absolute atomic E-state index is 11.3. The first kappa shape index (κ1) is 17.5. The van der Waals surface area contributed by atoms with E-state index in [1.54, 1.807) is 0 Å². The molecule has 2 aromatic rings. The number of aryl methyl sites for hydroxylation is 2. The summed E-state index contributed by atoms with van der Waals surface area (Å²) in [5.74, 6) is -0.111. The van der Waals surface area contributed by atoms with E-state index < -0.39 is 10.0 Å². The largest absolute Gasteiger partial charge is 0.228 e. The molecule has 0 unspecified atom stereocenters. The zero-order valence-corrected chi connectivity index (χ0v) is 16.2. The molecule has 0 bridgehead atoms. The smallest absolute Gasteiger partial charge is 0.213 e. The Morgan fingerprint density at radius 3 is 2.00 bits per heavy atom. The van der Waals surface area contributed by atoms with E-state index >= 15 is 0 Å². The summed E-state index contributed by atoms with van der Waals surface area (Å²) >= 11 is 0. The molecule has 4 heteroatoms. The third-order valence-corrected chi connectivity index (χ3v) is 6.69. The zero-order chi connectivity index (χ0) is 18.5. The fraction of sp³-hybridized carbons (Fsp3) is 0.364. The van der Waals surface area contributed by atoms with Gasteiger partial charge in [-0.3, -0.25) is 0 Å². The lowest BCUT2D eigenvalue weighted by molar-refractivity contribution is 0.568. The second-order valence-electron chi connectivity index (χ2n) is 8.11.